The van der Waals surface area contributed by atoms with Crippen LogP contribution in [0.2, 0.25) is 0 Å². The molecule has 3 heterocycles. The smallest absolute Gasteiger partial charge is 0.274 e. The van der Waals surface area contributed by atoms with Gasteiger partial charge in [0.05, 0.1) is 5.69 Å². The zero-order valence-electron chi connectivity index (χ0n) is 14.2. The number of nitrogens with zero attached hydrogens (tertiary/aromatic N) is 6. The molecule has 128 valence electrons. The number of aromatic nitrogens is 6. The van der Waals surface area contributed by atoms with E-state index >= 15 is 0 Å². The van der Waals surface area contributed by atoms with Crippen molar-refractivity contribution in [3.8, 4) is 5.69 Å². The number of likely N-dealkylation sites (tertiary alicyclic amines) is 1. The molecular weight excluding hydrogens is 318 g/mol. The van der Waals surface area contributed by atoms with Crippen molar-refractivity contribution in [3.05, 3.63) is 53.1 Å². The Morgan fingerprint density at radius 2 is 2.04 bits per heavy atom. The molecule has 2 aromatic heterocycles. The van der Waals surface area contributed by atoms with Gasteiger partial charge < -0.3 is 4.90 Å². The van der Waals surface area contributed by atoms with Gasteiger partial charge in [0.15, 0.2) is 11.5 Å². The van der Waals surface area contributed by atoms with Crippen LogP contribution in [0.4, 0.5) is 0 Å². The third kappa shape index (κ3) is 2.90. The maximum atomic E-state index is 12.8. The van der Waals surface area contributed by atoms with Gasteiger partial charge in [0.1, 0.15) is 0 Å². The molecule has 8 heteroatoms. The summed E-state index contributed by atoms with van der Waals surface area (Å²) in [5, 5.41) is 18.6. The van der Waals surface area contributed by atoms with E-state index in [0.717, 1.165) is 17.8 Å². The average molecular weight is 337 g/mol. The monoisotopic (exact) mass is 337 g/mol. The van der Waals surface area contributed by atoms with Crippen molar-refractivity contribution in [3.63, 3.8) is 0 Å². The molecule has 8 nitrogen and oxygen atoms in total. The summed E-state index contributed by atoms with van der Waals surface area (Å²) in [5.41, 5.74) is 3.54. The highest BCUT2D eigenvalue weighted by atomic mass is 16.2. The lowest BCUT2D eigenvalue weighted by molar-refractivity contribution is 0.0784. The zero-order chi connectivity index (χ0) is 17.4. The second-order valence-corrected chi connectivity index (χ2v) is 6.43. The normalized spacial score (nSPS) is 17.2. The van der Waals surface area contributed by atoms with Gasteiger partial charge in [-0.1, -0.05) is 22.9 Å². The fraction of sp³-hybridized carbons (Fsp3) is 0.353. The largest absolute Gasteiger partial charge is 0.336 e. The fourth-order valence-electron chi connectivity index (χ4n) is 3.19. The van der Waals surface area contributed by atoms with Crippen LogP contribution < -0.4 is 0 Å². The number of rotatable bonds is 3. The van der Waals surface area contributed by atoms with E-state index in [9.17, 15) is 4.79 Å². The molecule has 0 bridgehead atoms. The molecule has 1 aliphatic rings. The third-order valence-electron chi connectivity index (χ3n) is 4.59. The Bertz CT molecular complexity index is 882. The standard InChI is InChI=1S/C17H19N7O/c1-11-3-5-14(6-4-11)24-12(2)9-15(20-24)17(25)23-8-7-13(10-23)16-18-21-22-19-16/h3-6,9,13H,7-8,10H2,1-2H3,(H,18,19,21,22). The highest BCUT2D eigenvalue weighted by molar-refractivity contribution is 5.92. The summed E-state index contributed by atoms with van der Waals surface area (Å²) in [6, 6.07) is 9.92. The molecule has 1 aromatic carbocycles. The summed E-state index contributed by atoms with van der Waals surface area (Å²) in [4.78, 5) is 14.6. The Morgan fingerprint density at radius 1 is 1.24 bits per heavy atom. The average Bonchev–Trinajstić information content (AvgIpc) is 3.35. The lowest BCUT2D eigenvalue weighted by Crippen LogP contribution is -2.29. The quantitative estimate of drug-likeness (QED) is 0.784. The van der Waals surface area contributed by atoms with Crippen LogP contribution in [0.15, 0.2) is 30.3 Å². The van der Waals surface area contributed by atoms with Crippen LogP contribution in [-0.4, -0.2) is 54.3 Å². The molecule has 1 fully saturated rings. The number of hydrogen-bond acceptors (Lipinski definition) is 5. The van der Waals surface area contributed by atoms with Crippen LogP contribution in [0.3, 0.4) is 0 Å². The van der Waals surface area contributed by atoms with Crippen molar-refractivity contribution >= 4 is 5.91 Å². The summed E-state index contributed by atoms with van der Waals surface area (Å²) < 4.78 is 1.80. The number of aryl methyl sites for hydroxylation is 2. The summed E-state index contributed by atoms with van der Waals surface area (Å²) in [5.74, 6) is 0.736. The Balaban J connectivity index is 1.53. The van der Waals surface area contributed by atoms with Crippen molar-refractivity contribution in [1.29, 1.82) is 0 Å². The molecule has 0 aliphatic carbocycles. The van der Waals surface area contributed by atoms with Crippen molar-refractivity contribution in [2.45, 2.75) is 26.2 Å². The maximum Gasteiger partial charge on any atom is 0.274 e. The number of aromatic amines is 1. The SMILES string of the molecule is Cc1ccc(-n2nc(C(=O)N3CCC(c4nn[nH]n4)C3)cc2C)cc1. The molecule has 25 heavy (non-hydrogen) atoms. The van der Waals surface area contributed by atoms with E-state index < -0.39 is 0 Å². The molecule has 1 atom stereocenters. The summed E-state index contributed by atoms with van der Waals surface area (Å²) in [6.07, 6.45) is 0.836. The number of tetrazole rings is 1. The van der Waals surface area contributed by atoms with E-state index in [1.807, 2.05) is 49.1 Å². The van der Waals surface area contributed by atoms with Crippen LogP contribution in [0.1, 0.15) is 39.9 Å². The second kappa shape index (κ2) is 6.12. The van der Waals surface area contributed by atoms with Gasteiger partial charge >= 0.3 is 0 Å². The second-order valence-electron chi connectivity index (χ2n) is 6.43. The van der Waals surface area contributed by atoms with Gasteiger partial charge in [0.2, 0.25) is 0 Å². The van der Waals surface area contributed by atoms with Crippen molar-refractivity contribution in [1.82, 2.24) is 35.3 Å². The van der Waals surface area contributed by atoms with E-state index in [2.05, 4.69) is 25.7 Å². The van der Waals surface area contributed by atoms with E-state index in [4.69, 9.17) is 0 Å². The van der Waals surface area contributed by atoms with Crippen LogP contribution in [-0.2, 0) is 0 Å². The highest BCUT2D eigenvalue weighted by Gasteiger charge is 2.31. The van der Waals surface area contributed by atoms with Gasteiger partial charge in [0, 0.05) is 24.7 Å². The molecule has 1 aliphatic heterocycles. The molecule has 1 N–H and O–H groups in total. The van der Waals surface area contributed by atoms with Gasteiger partial charge in [-0.05, 0) is 38.5 Å². The number of amides is 1. The van der Waals surface area contributed by atoms with Gasteiger partial charge in [-0.3, -0.25) is 4.79 Å². The van der Waals surface area contributed by atoms with Crippen LogP contribution >= 0.6 is 0 Å². The molecule has 1 saturated heterocycles. The Morgan fingerprint density at radius 3 is 2.76 bits per heavy atom. The first kappa shape index (κ1) is 15.5. The van der Waals surface area contributed by atoms with Gasteiger partial charge in [-0.15, -0.1) is 10.2 Å². The number of nitrogens with one attached hydrogen (secondary N) is 1. The number of H-pyrrole nitrogens is 1. The van der Waals surface area contributed by atoms with Crippen LogP contribution in [0, 0.1) is 13.8 Å². The van der Waals surface area contributed by atoms with Crippen molar-refractivity contribution in [2.24, 2.45) is 0 Å². The number of carbonyl (C=O) groups excluding carboxylic acids is 1. The van der Waals surface area contributed by atoms with Crippen molar-refractivity contribution < 1.29 is 4.79 Å². The van der Waals surface area contributed by atoms with E-state index in [1.165, 1.54) is 5.56 Å². The molecule has 3 aromatic rings. The molecular formula is C17H19N7O. The number of carbonyl (C=O) groups is 1. The third-order valence-corrected chi connectivity index (χ3v) is 4.59. The molecule has 0 spiro atoms. The molecule has 1 unspecified atom stereocenters. The Labute approximate surface area is 144 Å². The summed E-state index contributed by atoms with van der Waals surface area (Å²) in [6.45, 7) is 5.27. The molecule has 0 radical (unpaired) electrons. The van der Waals surface area contributed by atoms with E-state index in [1.54, 1.807) is 4.68 Å². The lowest BCUT2D eigenvalue weighted by atomic mass is 10.1. The topological polar surface area (TPSA) is 92.6 Å². The first-order valence-corrected chi connectivity index (χ1v) is 8.28. The lowest BCUT2D eigenvalue weighted by Gasteiger charge is -2.14. The summed E-state index contributed by atoms with van der Waals surface area (Å²) >= 11 is 0. The minimum Gasteiger partial charge on any atom is -0.336 e. The Hall–Kier alpha value is -3.03. The zero-order valence-corrected chi connectivity index (χ0v) is 14.2. The predicted octanol–water partition coefficient (Wildman–Crippen LogP) is 1.63. The highest BCUT2D eigenvalue weighted by Crippen LogP contribution is 2.25. The van der Waals surface area contributed by atoms with Crippen LogP contribution in [0.5, 0.6) is 0 Å². The fourth-order valence-corrected chi connectivity index (χ4v) is 3.19. The minimum atomic E-state index is -0.0556. The molecule has 0 saturated carbocycles. The maximum absolute atomic E-state index is 12.8. The predicted molar refractivity (Wildman–Crippen MR) is 90.5 cm³/mol. The first-order valence-electron chi connectivity index (χ1n) is 8.28. The molecule has 1 amide bonds. The van der Waals surface area contributed by atoms with Gasteiger partial charge in [-0.25, -0.2) is 4.68 Å². The Kier molecular flexibility index (Phi) is 3.79. The first-order chi connectivity index (χ1) is 12.1. The van der Waals surface area contributed by atoms with Gasteiger partial charge in [-0.2, -0.15) is 10.3 Å². The number of benzene rings is 1. The van der Waals surface area contributed by atoms with E-state index in [0.29, 0.717) is 24.6 Å². The van der Waals surface area contributed by atoms with Gasteiger partial charge in [0.25, 0.3) is 5.91 Å². The molecule has 4 rings (SSSR count). The summed E-state index contributed by atoms with van der Waals surface area (Å²) in [7, 11) is 0. The number of hydrogen-bond donors (Lipinski definition) is 1. The minimum absolute atomic E-state index is 0.0556. The van der Waals surface area contributed by atoms with Crippen molar-refractivity contribution in [2.75, 3.05) is 13.1 Å². The van der Waals surface area contributed by atoms with Crippen LogP contribution in [0.25, 0.3) is 5.69 Å². The van der Waals surface area contributed by atoms with E-state index in [-0.39, 0.29) is 11.8 Å².